The molecule has 2 aliphatic rings. The summed E-state index contributed by atoms with van der Waals surface area (Å²) in [5.41, 5.74) is 0. The van der Waals surface area contributed by atoms with Gasteiger partial charge in [0, 0.05) is 36.3 Å². The first-order chi connectivity index (χ1) is 8.16. The van der Waals surface area contributed by atoms with Gasteiger partial charge in [-0.1, -0.05) is 11.6 Å². The molecule has 2 fully saturated rings. The van der Waals surface area contributed by atoms with E-state index in [4.69, 9.17) is 11.6 Å². The van der Waals surface area contributed by atoms with Crippen molar-refractivity contribution in [2.24, 2.45) is 11.8 Å². The van der Waals surface area contributed by atoms with Crippen LogP contribution in [0.3, 0.4) is 0 Å². The Morgan fingerprint density at radius 3 is 3.06 bits per heavy atom. The molecule has 0 saturated carbocycles. The van der Waals surface area contributed by atoms with Crippen molar-refractivity contribution >= 4 is 33.3 Å². The number of hydrogen-bond donors (Lipinski definition) is 1. The Balaban J connectivity index is 1.90. The summed E-state index contributed by atoms with van der Waals surface area (Å²) in [6.45, 7) is 5.58. The fourth-order valence-electron chi connectivity index (χ4n) is 3.07. The number of aromatic nitrogens is 1. The van der Waals surface area contributed by atoms with Crippen LogP contribution in [0.4, 0.5) is 5.82 Å². The molecule has 3 nitrogen and oxygen atoms in total. The summed E-state index contributed by atoms with van der Waals surface area (Å²) >= 11 is 9.67. The van der Waals surface area contributed by atoms with Gasteiger partial charge in [0.2, 0.25) is 0 Å². The van der Waals surface area contributed by atoms with Crippen molar-refractivity contribution in [3.8, 4) is 0 Å². The van der Waals surface area contributed by atoms with Crippen LogP contribution in [-0.4, -0.2) is 30.7 Å². The SMILES string of the molecule is CC1C2CNCC2CN1c1ncc(Br)cc1Cl. The Morgan fingerprint density at radius 1 is 1.53 bits per heavy atom. The largest absolute Gasteiger partial charge is 0.352 e. The maximum atomic E-state index is 6.28. The predicted octanol–water partition coefficient (Wildman–Crippen LogP) is 2.54. The van der Waals surface area contributed by atoms with Gasteiger partial charge >= 0.3 is 0 Å². The molecule has 17 heavy (non-hydrogen) atoms. The normalized spacial score (nSPS) is 31.9. The Kier molecular flexibility index (Phi) is 3.05. The van der Waals surface area contributed by atoms with Gasteiger partial charge in [0.05, 0.1) is 5.02 Å². The molecule has 0 amide bonds. The number of fused-ring (bicyclic) bond motifs is 1. The lowest BCUT2D eigenvalue weighted by Crippen LogP contribution is -2.33. The summed E-state index contributed by atoms with van der Waals surface area (Å²) in [6.07, 6.45) is 1.82. The number of nitrogens with one attached hydrogen (secondary N) is 1. The number of nitrogens with zero attached hydrogens (tertiary/aromatic N) is 2. The van der Waals surface area contributed by atoms with Crippen molar-refractivity contribution in [1.29, 1.82) is 0 Å². The number of anilines is 1. The Bertz CT molecular complexity index is 440. The van der Waals surface area contributed by atoms with Crippen molar-refractivity contribution in [1.82, 2.24) is 10.3 Å². The lowest BCUT2D eigenvalue weighted by Gasteiger charge is -2.26. The topological polar surface area (TPSA) is 28.2 Å². The maximum Gasteiger partial charge on any atom is 0.147 e. The molecule has 5 heteroatoms. The molecule has 0 bridgehead atoms. The minimum absolute atomic E-state index is 0.515. The molecule has 1 aromatic heterocycles. The van der Waals surface area contributed by atoms with Crippen LogP contribution in [0.1, 0.15) is 6.92 Å². The summed E-state index contributed by atoms with van der Waals surface area (Å²) in [6, 6.07) is 2.43. The smallest absolute Gasteiger partial charge is 0.147 e. The molecule has 0 spiro atoms. The zero-order valence-electron chi connectivity index (χ0n) is 9.66. The first kappa shape index (κ1) is 11.8. The summed E-state index contributed by atoms with van der Waals surface area (Å²) in [4.78, 5) is 6.82. The molecule has 2 saturated heterocycles. The van der Waals surface area contributed by atoms with Gasteiger partial charge in [0.1, 0.15) is 5.82 Å². The number of rotatable bonds is 1. The average Bonchev–Trinajstić information content (AvgIpc) is 2.83. The number of pyridine rings is 1. The van der Waals surface area contributed by atoms with Gasteiger partial charge in [0.25, 0.3) is 0 Å². The van der Waals surface area contributed by atoms with E-state index in [2.05, 4.69) is 38.1 Å². The van der Waals surface area contributed by atoms with Crippen LogP contribution < -0.4 is 10.2 Å². The van der Waals surface area contributed by atoms with Crippen molar-refractivity contribution in [2.45, 2.75) is 13.0 Å². The van der Waals surface area contributed by atoms with Gasteiger partial charge < -0.3 is 10.2 Å². The standard InChI is InChI=1S/C12H15BrClN3/c1-7-10-5-15-3-8(10)6-17(7)12-11(14)2-9(13)4-16-12/h2,4,7-8,10,15H,3,5-6H2,1H3. The molecular weight excluding hydrogens is 302 g/mol. The Labute approximate surface area is 115 Å². The zero-order valence-corrected chi connectivity index (χ0v) is 12.0. The highest BCUT2D eigenvalue weighted by atomic mass is 79.9. The maximum absolute atomic E-state index is 6.28. The summed E-state index contributed by atoms with van der Waals surface area (Å²) in [5.74, 6) is 2.40. The molecule has 0 aromatic carbocycles. The average molecular weight is 317 g/mol. The van der Waals surface area contributed by atoms with Crippen molar-refractivity contribution in [3.63, 3.8) is 0 Å². The van der Waals surface area contributed by atoms with Crippen LogP contribution in [-0.2, 0) is 0 Å². The molecule has 1 aromatic rings. The van der Waals surface area contributed by atoms with Gasteiger partial charge in [-0.25, -0.2) is 4.98 Å². The summed E-state index contributed by atoms with van der Waals surface area (Å²) < 4.78 is 0.931. The van der Waals surface area contributed by atoms with E-state index in [0.29, 0.717) is 6.04 Å². The highest BCUT2D eigenvalue weighted by molar-refractivity contribution is 9.10. The van der Waals surface area contributed by atoms with Crippen molar-refractivity contribution in [3.05, 3.63) is 21.8 Å². The second kappa shape index (κ2) is 4.41. The van der Waals surface area contributed by atoms with E-state index in [9.17, 15) is 0 Å². The van der Waals surface area contributed by atoms with E-state index >= 15 is 0 Å². The number of hydrogen-bond acceptors (Lipinski definition) is 3. The molecule has 0 aliphatic carbocycles. The summed E-state index contributed by atoms with van der Waals surface area (Å²) in [7, 11) is 0. The first-order valence-corrected chi connectivity index (χ1v) is 7.12. The molecule has 2 aliphatic heterocycles. The molecule has 92 valence electrons. The van der Waals surface area contributed by atoms with Crippen LogP contribution in [0.2, 0.25) is 5.02 Å². The lowest BCUT2D eigenvalue weighted by atomic mass is 9.95. The van der Waals surface area contributed by atoms with Crippen LogP contribution in [0.25, 0.3) is 0 Å². The minimum Gasteiger partial charge on any atom is -0.352 e. The van der Waals surface area contributed by atoms with Crippen LogP contribution in [0, 0.1) is 11.8 Å². The molecular formula is C12H15BrClN3. The molecule has 3 atom stereocenters. The third kappa shape index (κ3) is 1.96. The predicted molar refractivity (Wildman–Crippen MR) is 73.6 cm³/mol. The van der Waals surface area contributed by atoms with E-state index in [0.717, 1.165) is 46.8 Å². The van der Waals surface area contributed by atoms with Gasteiger partial charge in [-0.15, -0.1) is 0 Å². The third-order valence-corrected chi connectivity index (χ3v) is 4.71. The van der Waals surface area contributed by atoms with Crippen molar-refractivity contribution < 1.29 is 0 Å². The monoisotopic (exact) mass is 315 g/mol. The van der Waals surface area contributed by atoms with Crippen LogP contribution in [0.15, 0.2) is 16.7 Å². The van der Waals surface area contributed by atoms with Crippen LogP contribution in [0.5, 0.6) is 0 Å². The fraction of sp³-hybridized carbons (Fsp3) is 0.583. The molecule has 3 unspecified atom stereocenters. The highest BCUT2D eigenvalue weighted by Crippen LogP contribution is 2.38. The first-order valence-electron chi connectivity index (χ1n) is 5.95. The molecule has 0 radical (unpaired) electrons. The molecule has 3 heterocycles. The number of halogens is 2. The second-order valence-electron chi connectivity index (χ2n) is 4.93. The zero-order chi connectivity index (χ0) is 12.0. The van der Waals surface area contributed by atoms with E-state index < -0.39 is 0 Å². The van der Waals surface area contributed by atoms with E-state index in [1.165, 1.54) is 0 Å². The minimum atomic E-state index is 0.515. The van der Waals surface area contributed by atoms with Gasteiger partial charge in [0.15, 0.2) is 0 Å². The third-order valence-electron chi connectivity index (χ3n) is 3.99. The van der Waals surface area contributed by atoms with E-state index in [-0.39, 0.29) is 0 Å². The van der Waals surface area contributed by atoms with Crippen LogP contribution >= 0.6 is 27.5 Å². The summed E-state index contributed by atoms with van der Waals surface area (Å²) in [5, 5.41) is 4.20. The van der Waals surface area contributed by atoms with Gasteiger partial charge in [-0.2, -0.15) is 0 Å². The fourth-order valence-corrected chi connectivity index (χ4v) is 3.80. The van der Waals surface area contributed by atoms with Gasteiger partial charge in [-0.3, -0.25) is 0 Å². The second-order valence-corrected chi connectivity index (χ2v) is 6.26. The molecule has 3 rings (SSSR count). The van der Waals surface area contributed by atoms with E-state index in [1.54, 1.807) is 0 Å². The van der Waals surface area contributed by atoms with E-state index in [1.807, 2.05) is 12.3 Å². The Hall–Kier alpha value is -0.320. The Morgan fingerprint density at radius 2 is 2.35 bits per heavy atom. The van der Waals surface area contributed by atoms with Gasteiger partial charge in [-0.05, 0) is 40.8 Å². The van der Waals surface area contributed by atoms with Crippen molar-refractivity contribution in [2.75, 3.05) is 24.5 Å². The lowest BCUT2D eigenvalue weighted by molar-refractivity contribution is 0.471. The molecule has 1 N–H and O–H groups in total. The highest BCUT2D eigenvalue weighted by Gasteiger charge is 2.42. The quantitative estimate of drug-likeness (QED) is 0.863.